The van der Waals surface area contributed by atoms with Crippen molar-refractivity contribution in [1.82, 2.24) is 20.1 Å². The molecule has 26 heavy (non-hydrogen) atoms. The minimum absolute atomic E-state index is 0.119. The Labute approximate surface area is 155 Å². The molecule has 5 atom stereocenters. The van der Waals surface area contributed by atoms with Gasteiger partial charge in [-0.1, -0.05) is 43.7 Å². The third-order valence-electron chi connectivity index (χ3n) is 6.28. The van der Waals surface area contributed by atoms with E-state index in [0.29, 0.717) is 18.4 Å². The van der Waals surface area contributed by atoms with E-state index in [9.17, 15) is 4.79 Å². The summed E-state index contributed by atoms with van der Waals surface area (Å²) < 4.78 is 1.84. The topological polar surface area (TPSA) is 59.8 Å². The molecule has 0 aliphatic heterocycles. The smallest absolute Gasteiger partial charge is 0.224 e. The molecule has 1 N–H and O–H groups in total. The van der Waals surface area contributed by atoms with Crippen LogP contribution in [0.3, 0.4) is 0 Å². The molecule has 0 bridgehead atoms. The lowest BCUT2D eigenvalue weighted by atomic mass is 9.59. The van der Waals surface area contributed by atoms with E-state index < -0.39 is 0 Å². The average Bonchev–Trinajstić information content (AvgIpc) is 3.16. The van der Waals surface area contributed by atoms with E-state index in [1.165, 1.54) is 24.8 Å². The highest BCUT2D eigenvalue weighted by Gasteiger charge is 2.53. The number of rotatable bonds is 5. The summed E-state index contributed by atoms with van der Waals surface area (Å²) in [4.78, 5) is 17.2. The van der Waals surface area contributed by atoms with Gasteiger partial charge in [0.25, 0.3) is 0 Å². The summed E-state index contributed by atoms with van der Waals surface area (Å²) in [6.45, 7) is 6.38. The van der Waals surface area contributed by atoms with Crippen molar-refractivity contribution >= 4 is 5.91 Å². The number of carbonyl (C=O) groups is 1. The molecule has 5 heteroatoms. The number of hydrogen-bond donors (Lipinski definition) is 1. The summed E-state index contributed by atoms with van der Waals surface area (Å²) in [6, 6.07) is 11.0. The van der Waals surface area contributed by atoms with Gasteiger partial charge >= 0.3 is 0 Å². The lowest BCUT2D eigenvalue weighted by molar-refractivity contribution is -0.127. The summed E-state index contributed by atoms with van der Waals surface area (Å²) in [5.41, 5.74) is 1.37. The van der Waals surface area contributed by atoms with Gasteiger partial charge in [0.15, 0.2) is 0 Å². The molecule has 1 aromatic heterocycles. The van der Waals surface area contributed by atoms with E-state index in [2.05, 4.69) is 45.7 Å². The Morgan fingerprint density at radius 3 is 2.65 bits per heavy atom. The molecule has 4 rings (SSSR count). The second-order valence-electron chi connectivity index (χ2n) is 8.02. The van der Waals surface area contributed by atoms with Crippen molar-refractivity contribution in [2.45, 2.75) is 58.5 Å². The molecule has 138 valence electrons. The molecular weight excluding hydrogens is 324 g/mol. The predicted octanol–water partition coefficient (Wildman–Crippen LogP) is 3.23. The summed E-state index contributed by atoms with van der Waals surface area (Å²) in [5, 5.41) is 7.77. The Kier molecular flexibility index (Phi) is 4.55. The molecule has 2 saturated carbocycles. The first-order valence-corrected chi connectivity index (χ1v) is 9.78. The zero-order valence-corrected chi connectivity index (χ0v) is 15.9. The lowest BCUT2D eigenvalue weighted by Crippen LogP contribution is -2.57. The Balaban J connectivity index is 1.45. The number of nitrogens with zero attached hydrogens (tertiary/aromatic N) is 3. The summed E-state index contributed by atoms with van der Waals surface area (Å²) in [6.07, 6.45) is 3.83. The van der Waals surface area contributed by atoms with Crippen LogP contribution in [0.25, 0.3) is 0 Å². The maximum absolute atomic E-state index is 12.9. The predicted molar refractivity (Wildman–Crippen MR) is 101 cm³/mol. The van der Waals surface area contributed by atoms with Crippen LogP contribution < -0.4 is 5.32 Å². The lowest BCUT2D eigenvalue weighted by Gasteiger charge is -2.50. The molecule has 0 saturated heterocycles. The van der Waals surface area contributed by atoms with Crippen molar-refractivity contribution in [1.29, 1.82) is 0 Å². The van der Waals surface area contributed by atoms with E-state index in [-0.39, 0.29) is 17.9 Å². The van der Waals surface area contributed by atoms with Gasteiger partial charge in [-0.2, -0.15) is 5.10 Å². The fourth-order valence-corrected chi connectivity index (χ4v) is 5.01. The van der Waals surface area contributed by atoms with Gasteiger partial charge in [0.05, 0.1) is 12.5 Å². The molecule has 2 fully saturated rings. The van der Waals surface area contributed by atoms with Crippen molar-refractivity contribution in [2.75, 3.05) is 0 Å². The highest BCUT2D eigenvalue weighted by Crippen LogP contribution is 2.55. The standard InChI is InChI=1S/C21H28N4O/c1-13(12-25-15(3)22-14(2)24-25)21(26)23-20-18-11-7-10-17(18)19(20)16-8-5-4-6-9-16/h4-6,8-9,13,17-20H,7,10-12H2,1-3H3,(H,23,26). The van der Waals surface area contributed by atoms with Crippen molar-refractivity contribution in [3.05, 3.63) is 47.5 Å². The fourth-order valence-electron chi connectivity index (χ4n) is 5.01. The highest BCUT2D eigenvalue weighted by molar-refractivity contribution is 5.79. The van der Waals surface area contributed by atoms with Crippen LogP contribution in [-0.4, -0.2) is 26.7 Å². The second-order valence-corrected chi connectivity index (χ2v) is 8.02. The summed E-state index contributed by atoms with van der Waals surface area (Å²) >= 11 is 0. The Bertz CT molecular complexity index is 785. The van der Waals surface area contributed by atoms with Gasteiger partial charge in [0.2, 0.25) is 5.91 Å². The third kappa shape index (κ3) is 3.04. The first kappa shape index (κ1) is 17.3. The maximum atomic E-state index is 12.9. The molecule has 2 aliphatic rings. The van der Waals surface area contributed by atoms with Crippen LogP contribution in [0.2, 0.25) is 0 Å². The molecule has 5 unspecified atom stereocenters. The Hall–Kier alpha value is -2.17. The van der Waals surface area contributed by atoms with Crippen LogP contribution in [-0.2, 0) is 11.3 Å². The van der Waals surface area contributed by atoms with E-state index in [0.717, 1.165) is 17.6 Å². The van der Waals surface area contributed by atoms with E-state index in [1.807, 2.05) is 25.5 Å². The monoisotopic (exact) mass is 352 g/mol. The van der Waals surface area contributed by atoms with Crippen molar-refractivity contribution < 1.29 is 4.79 Å². The van der Waals surface area contributed by atoms with Crippen LogP contribution in [0.15, 0.2) is 30.3 Å². The first-order valence-electron chi connectivity index (χ1n) is 9.78. The zero-order valence-electron chi connectivity index (χ0n) is 15.9. The van der Waals surface area contributed by atoms with Gasteiger partial charge in [-0.3, -0.25) is 4.79 Å². The van der Waals surface area contributed by atoms with Crippen molar-refractivity contribution in [3.8, 4) is 0 Å². The largest absolute Gasteiger partial charge is 0.352 e. The number of amides is 1. The van der Waals surface area contributed by atoms with Gasteiger partial charge in [-0.05, 0) is 44.1 Å². The normalized spacial score (nSPS) is 28.3. The summed E-state index contributed by atoms with van der Waals surface area (Å²) in [7, 11) is 0. The van der Waals surface area contributed by atoms with Crippen LogP contribution in [0.4, 0.5) is 0 Å². The van der Waals surface area contributed by atoms with E-state index >= 15 is 0 Å². The SMILES string of the molecule is Cc1nc(C)n(CC(C)C(=O)NC2C3CCCC3C2c2ccccc2)n1. The molecule has 1 heterocycles. The number of nitrogens with one attached hydrogen (secondary N) is 1. The molecule has 0 radical (unpaired) electrons. The molecule has 1 amide bonds. The number of benzene rings is 1. The third-order valence-corrected chi connectivity index (χ3v) is 6.28. The number of aryl methyl sites for hydroxylation is 2. The van der Waals surface area contributed by atoms with Crippen molar-refractivity contribution in [3.63, 3.8) is 0 Å². The zero-order chi connectivity index (χ0) is 18.3. The Morgan fingerprint density at radius 2 is 1.96 bits per heavy atom. The highest BCUT2D eigenvalue weighted by atomic mass is 16.2. The van der Waals surface area contributed by atoms with E-state index in [4.69, 9.17) is 0 Å². The second kappa shape index (κ2) is 6.86. The fraction of sp³-hybridized carbons (Fsp3) is 0.571. The molecule has 5 nitrogen and oxygen atoms in total. The quantitative estimate of drug-likeness (QED) is 0.899. The number of aromatic nitrogens is 3. The molecular formula is C21H28N4O. The van der Waals surface area contributed by atoms with Crippen LogP contribution in [0.5, 0.6) is 0 Å². The average molecular weight is 352 g/mol. The molecule has 0 spiro atoms. The Morgan fingerprint density at radius 1 is 1.23 bits per heavy atom. The van der Waals surface area contributed by atoms with Gasteiger partial charge in [0, 0.05) is 12.0 Å². The summed E-state index contributed by atoms with van der Waals surface area (Å²) in [5.74, 6) is 3.48. The maximum Gasteiger partial charge on any atom is 0.224 e. The number of hydrogen-bond acceptors (Lipinski definition) is 3. The van der Waals surface area contributed by atoms with Gasteiger partial charge in [-0.15, -0.1) is 0 Å². The number of carbonyl (C=O) groups excluding carboxylic acids is 1. The van der Waals surface area contributed by atoms with Gasteiger partial charge in [0.1, 0.15) is 11.6 Å². The molecule has 1 aromatic carbocycles. The van der Waals surface area contributed by atoms with Crippen LogP contribution in [0, 0.1) is 31.6 Å². The minimum Gasteiger partial charge on any atom is -0.352 e. The number of fused-ring (bicyclic) bond motifs is 1. The van der Waals surface area contributed by atoms with Crippen molar-refractivity contribution in [2.24, 2.45) is 17.8 Å². The first-order chi connectivity index (χ1) is 12.5. The van der Waals surface area contributed by atoms with Crippen LogP contribution >= 0.6 is 0 Å². The van der Waals surface area contributed by atoms with Crippen LogP contribution in [0.1, 0.15) is 49.3 Å². The minimum atomic E-state index is -0.119. The molecule has 2 aromatic rings. The van der Waals surface area contributed by atoms with Gasteiger partial charge in [-0.25, -0.2) is 9.67 Å². The van der Waals surface area contributed by atoms with Gasteiger partial charge < -0.3 is 5.32 Å². The molecule has 2 aliphatic carbocycles. The van der Waals surface area contributed by atoms with E-state index in [1.54, 1.807) is 0 Å².